The van der Waals surface area contributed by atoms with Crippen LogP contribution >= 0.6 is 0 Å². The zero-order valence-electron chi connectivity index (χ0n) is 14.8. The minimum Gasteiger partial charge on any atom is -0.381 e. The Morgan fingerprint density at radius 3 is 2.96 bits per heavy atom. The largest absolute Gasteiger partial charge is 0.381 e. The highest BCUT2D eigenvalue weighted by Gasteiger charge is 2.25. The zero-order chi connectivity index (χ0) is 17.1. The molecule has 0 bridgehead atoms. The number of likely N-dealkylation sites (tertiary alicyclic amines) is 1. The molecule has 2 atom stereocenters. The fraction of sp³-hybridized carbons (Fsp3) is 0.381. The van der Waals surface area contributed by atoms with E-state index in [2.05, 4.69) is 75.9 Å². The summed E-state index contributed by atoms with van der Waals surface area (Å²) < 4.78 is 0. The Morgan fingerprint density at radius 2 is 2.12 bits per heavy atom. The third kappa shape index (κ3) is 3.54. The molecule has 0 aliphatic carbocycles. The highest BCUT2D eigenvalue weighted by atomic mass is 15.2. The molecule has 1 aliphatic heterocycles. The van der Waals surface area contributed by atoms with Crippen molar-refractivity contribution in [3.63, 3.8) is 0 Å². The first-order chi connectivity index (χ1) is 12.3. The van der Waals surface area contributed by atoms with Crippen LogP contribution in [-0.2, 0) is 0 Å². The molecule has 2 unspecified atom stereocenters. The molecule has 0 saturated carbocycles. The van der Waals surface area contributed by atoms with Crippen molar-refractivity contribution in [1.29, 1.82) is 0 Å². The Labute approximate surface area is 149 Å². The van der Waals surface area contributed by atoms with Gasteiger partial charge in [-0.1, -0.05) is 37.3 Å². The monoisotopic (exact) mass is 334 g/mol. The van der Waals surface area contributed by atoms with E-state index in [0.29, 0.717) is 12.1 Å². The van der Waals surface area contributed by atoms with Gasteiger partial charge in [-0.25, -0.2) is 0 Å². The first-order valence-corrected chi connectivity index (χ1v) is 9.32. The predicted molar refractivity (Wildman–Crippen MR) is 104 cm³/mol. The SMILES string of the molecule is CCC(c1ccccc1)N1CCCC(Nc2ccc3[nH]ncc3c2)C1. The van der Waals surface area contributed by atoms with Crippen LogP contribution < -0.4 is 5.32 Å². The molecule has 0 amide bonds. The molecule has 4 heteroatoms. The lowest BCUT2D eigenvalue weighted by molar-refractivity contribution is 0.150. The summed E-state index contributed by atoms with van der Waals surface area (Å²) in [5.74, 6) is 0. The molecule has 0 radical (unpaired) electrons. The molecule has 1 aliphatic rings. The van der Waals surface area contributed by atoms with Crippen LogP contribution in [0.1, 0.15) is 37.8 Å². The van der Waals surface area contributed by atoms with Crippen LogP contribution in [0.15, 0.2) is 54.7 Å². The number of hydrogen-bond donors (Lipinski definition) is 2. The van der Waals surface area contributed by atoms with Gasteiger partial charge in [0.25, 0.3) is 0 Å². The van der Waals surface area contributed by atoms with Gasteiger partial charge in [-0.2, -0.15) is 5.10 Å². The van der Waals surface area contributed by atoms with Crippen LogP contribution in [0.5, 0.6) is 0 Å². The van der Waals surface area contributed by atoms with E-state index in [1.807, 2.05) is 6.20 Å². The van der Waals surface area contributed by atoms with E-state index in [0.717, 1.165) is 23.9 Å². The fourth-order valence-electron chi connectivity index (χ4n) is 4.06. The topological polar surface area (TPSA) is 44.0 Å². The number of anilines is 1. The highest BCUT2D eigenvalue weighted by molar-refractivity contribution is 5.81. The molecule has 130 valence electrons. The third-order valence-corrected chi connectivity index (χ3v) is 5.28. The molecule has 0 spiro atoms. The number of H-pyrrole nitrogens is 1. The maximum Gasteiger partial charge on any atom is 0.0651 e. The maximum absolute atomic E-state index is 4.11. The van der Waals surface area contributed by atoms with E-state index in [-0.39, 0.29) is 0 Å². The van der Waals surface area contributed by atoms with Crippen LogP contribution in [0.2, 0.25) is 0 Å². The number of aromatic amines is 1. The van der Waals surface area contributed by atoms with Crippen LogP contribution in [0, 0.1) is 0 Å². The van der Waals surface area contributed by atoms with E-state index in [1.54, 1.807) is 0 Å². The molecule has 4 nitrogen and oxygen atoms in total. The first kappa shape index (κ1) is 16.2. The van der Waals surface area contributed by atoms with E-state index >= 15 is 0 Å². The van der Waals surface area contributed by atoms with Crippen molar-refractivity contribution in [2.45, 2.75) is 38.3 Å². The molecule has 2 N–H and O–H groups in total. The molecular formula is C21H26N4. The molecule has 4 rings (SSSR count). The Hall–Kier alpha value is -2.33. The number of nitrogens with zero attached hydrogens (tertiary/aromatic N) is 2. The maximum atomic E-state index is 4.11. The van der Waals surface area contributed by atoms with Crippen molar-refractivity contribution in [1.82, 2.24) is 15.1 Å². The van der Waals surface area contributed by atoms with Gasteiger partial charge in [0, 0.05) is 29.7 Å². The van der Waals surface area contributed by atoms with Gasteiger partial charge in [0.2, 0.25) is 0 Å². The van der Waals surface area contributed by atoms with Crippen molar-refractivity contribution in [2.24, 2.45) is 0 Å². The summed E-state index contributed by atoms with van der Waals surface area (Å²) in [6, 6.07) is 18.4. The van der Waals surface area contributed by atoms with Crippen LogP contribution in [-0.4, -0.2) is 34.2 Å². The van der Waals surface area contributed by atoms with E-state index in [9.17, 15) is 0 Å². The van der Waals surface area contributed by atoms with Crippen LogP contribution in [0.3, 0.4) is 0 Å². The third-order valence-electron chi connectivity index (χ3n) is 5.28. The number of benzene rings is 2. The van der Waals surface area contributed by atoms with Crippen molar-refractivity contribution >= 4 is 16.6 Å². The van der Waals surface area contributed by atoms with Gasteiger partial charge < -0.3 is 5.32 Å². The molecular weight excluding hydrogens is 308 g/mol. The quantitative estimate of drug-likeness (QED) is 0.717. The van der Waals surface area contributed by atoms with Gasteiger partial charge in [0.15, 0.2) is 0 Å². The van der Waals surface area contributed by atoms with Crippen LogP contribution in [0.4, 0.5) is 5.69 Å². The minimum absolute atomic E-state index is 0.496. The van der Waals surface area contributed by atoms with Gasteiger partial charge in [-0.05, 0) is 49.6 Å². The van der Waals surface area contributed by atoms with E-state index < -0.39 is 0 Å². The molecule has 1 fully saturated rings. The second-order valence-electron chi connectivity index (χ2n) is 6.99. The summed E-state index contributed by atoms with van der Waals surface area (Å²) in [4.78, 5) is 2.65. The number of fused-ring (bicyclic) bond motifs is 1. The lowest BCUT2D eigenvalue weighted by Crippen LogP contribution is -2.43. The average Bonchev–Trinajstić information content (AvgIpc) is 3.11. The smallest absolute Gasteiger partial charge is 0.0651 e. The number of nitrogens with one attached hydrogen (secondary N) is 2. The van der Waals surface area contributed by atoms with E-state index in [4.69, 9.17) is 0 Å². The van der Waals surface area contributed by atoms with Gasteiger partial charge in [-0.15, -0.1) is 0 Å². The summed E-state index contributed by atoms with van der Waals surface area (Å²) in [7, 11) is 0. The summed E-state index contributed by atoms with van der Waals surface area (Å²) in [5.41, 5.74) is 3.71. The molecule has 3 aromatic rings. The number of rotatable bonds is 5. The van der Waals surface area contributed by atoms with Gasteiger partial charge >= 0.3 is 0 Å². The zero-order valence-corrected chi connectivity index (χ0v) is 14.8. The minimum atomic E-state index is 0.496. The second kappa shape index (κ2) is 7.28. The Kier molecular flexibility index (Phi) is 4.70. The molecule has 2 heterocycles. The highest BCUT2D eigenvalue weighted by Crippen LogP contribution is 2.28. The van der Waals surface area contributed by atoms with Crippen molar-refractivity contribution in [3.8, 4) is 0 Å². The molecule has 2 aromatic carbocycles. The van der Waals surface area contributed by atoms with Crippen molar-refractivity contribution in [3.05, 3.63) is 60.3 Å². The van der Waals surface area contributed by atoms with Crippen LogP contribution in [0.25, 0.3) is 10.9 Å². The number of piperidine rings is 1. The van der Waals surface area contributed by atoms with Crippen molar-refractivity contribution < 1.29 is 0 Å². The molecule has 1 aromatic heterocycles. The lowest BCUT2D eigenvalue weighted by atomic mass is 9.97. The Balaban J connectivity index is 1.46. The summed E-state index contributed by atoms with van der Waals surface area (Å²) in [6.45, 7) is 4.57. The van der Waals surface area contributed by atoms with Gasteiger partial charge in [0.05, 0.1) is 11.7 Å². The normalized spacial score (nSPS) is 19.8. The molecule has 1 saturated heterocycles. The van der Waals surface area contributed by atoms with Gasteiger partial charge in [0.1, 0.15) is 0 Å². The van der Waals surface area contributed by atoms with E-state index in [1.165, 1.54) is 30.6 Å². The summed E-state index contributed by atoms with van der Waals surface area (Å²) >= 11 is 0. The fourth-order valence-corrected chi connectivity index (χ4v) is 4.06. The Morgan fingerprint density at radius 1 is 1.24 bits per heavy atom. The lowest BCUT2D eigenvalue weighted by Gasteiger charge is -2.39. The first-order valence-electron chi connectivity index (χ1n) is 9.32. The Bertz CT molecular complexity index is 811. The van der Waals surface area contributed by atoms with Crippen molar-refractivity contribution in [2.75, 3.05) is 18.4 Å². The number of hydrogen-bond acceptors (Lipinski definition) is 3. The number of aromatic nitrogens is 2. The standard InChI is InChI=1S/C21H26N4/c1-2-21(16-7-4-3-5-8-16)25-12-6-9-19(15-25)23-18-10-11-20-17(13-18)14-22-24-20/h3-5,7-8,10-11,13-14,19,21,23H,2,6,9,12,15H2,1H3,(H,22,24). The summed E-state index contributed by atoms with van der Waals surface area (Å²) in [6.07, 6.45) is 5.51. The second-order valence-corrected chi connectivity index (χ2v) is 6.99. The molecule has 25 heavy (non-hydrogen) atoms. The van der Waals surface area contributed by atoms with Gasteiger partial charge in [-0.3, -0.25) is 10.00 Å². The summed E-state index contributed by atoms with van der Waals surface area (Å²) in [5, 5.41) is 12.0. The predicted octanol–water partition coefficient (Wildman–Crippen LogP) is 4.59. The average molecular weight is 334 g/mol.